The number of hydrogen-bond acceptors (Lipinski definition) is 4. The van der Waals surface area contributed by atoms with Gasteiger partial charge in [0, 0.05) is 31.7 Å². The third-order valence-corrected chi connectivity index (χ3v) is 4.75. The Morgan fingerprint density at radius 2 is 2.07 bits per heavy atom. The number of ether oxygens (including phenoxy) is 2. The van der Waals surface area contributed by atoms with Crippen LogP contribution in [-0.2, 0) is 22.6 Å². The molecule has 1 aromatic rings. The summed E-state index contributed by atoms with van der Waals surface area (Å²) >= 11 is 0. The third-order valence-electron chi connectivity index (χ3n) is 4.75. The van der Waals surface area contributed by atoms with Crippen molar-refractivity contribution >= 4 is 29.9 Å². The van der Waals surface area contributed by atoms with Crippen LogP contribution in [0.25, 0.3) is 0 Å². The van der Waals surface area contributed by atoms with Gasteiger partial charge < -0.3 is 25.2 Å². The van der Waals surface area contributed by atoms with E-state index in [1.807, 2.05) is 13.0 Å². The summed E-state index contributed by atoms with van der Waals surface area (Å²) in [6.45, 7) is 3.75. The molecule has 0 amide bonds. The summed E-state index contributed by atoms with van der Waals surface area (Å²) < 4.78 is 46.8. The van der Waals surface area contributed by atoms with E-state index < -0.39 is 12.8 Å². The molecule has 0 spiro atoms. The molecule has 1 saturated heterocycles. The molecule has 2 rings (SSSR count). The van der Waals surface area contributed by atoms with Crippen molar-refractivity contribution in [2.75, 3.05) is 39.5 Å². The molecule has 0 aromatic heterocycles. The number of guanidine groups is 1. The first-order valence-corrected chi connectivity index (χ1v) is 9.79. The van der Waals surface area contributed by atoms with Crippen molar-refractivity contribution in [1.82, 2.24) is 10.6 Å². The number of aliphatic hydroxyl groups excluding tert-OH is 1. The van der Waals surface area contributed by atoms with Crippen LogP contribution in [0.3, 0.4) is 0 Å². The number of halogens is 4. The van der Waals surface area contributed by atoms with Gasteiger partial charge in [0.15, 0.2) is 5.96 Å². The lowest BCUT2D eigenvalue weighted by atomic mass is 9.84. The van der Waals surface area contributed by atoms with Gasteiger partial charge in [-0.3, -0.25) is 0 Å². The smallest absolute Gasteiger partial charge is 0.396 e. The maximum Gasteiger partial charge on any atom is 0.411 e. The van der Waals surface area contributed by atoms with Gasteiger partial charge in [0.2, 0.25) is 0 Å². The minimum absolute atomic E-state index is 0. The molecule has 0 bridgehead atoms. The van der Waals surface area contributed by atoms with Gasteiger partial charge in [-0.15, -0.1) is 24.0 Å². The molecule has 0 saturated carbocycles. The molecule has 3 N–H and O–H groups in total. The first kappa shape index (κ1) is 26.9. The molecule has 1 aliphatic heterocycles. The Morgan fingerprint density at radius 1 is 1.30 bits per heavy atom. The Balaban J connectivity index is 0.00000450. The van der Waals surface area contributed by atoms with E-state index >= 15 is 0 Å². The van der Waals surface area contributed by atoms with E-state index in [1.165, 1.54) is 0 Å². The summed E-state index contributed by atoms with van der Waals surface area (Å²) in [6, 6.07) is 7.18. The number of alkyl halides is 3. The van der Waals surface area contributed by atoms with Gasteiger partial charge in [-0.05, 0) is 30.9 Å². The van der Waals surface area contributed by atoms with Crippen LogP contribution in [0.5, 0.6) is 0 Å². The van der Waals surface area contributed by atoms with Crippen molar-refractivity contribution in [3.63, 3.8) is 0 Å². The van der Waals surface area contributed by atoms with Crippen LogP contribution in [0.15, 0.2) is 29.3 Å². The van der Waals surface area contributed by atoms with E-state index in [1.54, 1.807) is 18.2 Å². The van der Waals surface area contributed by atoms with E-state index in [4.69, 9.17) is 9.47 Å². The second-order valence-corrected chi connectivity index (χ2v) is 7.25. The highest BCUT2D eigenvalue weighted by molar-refractivity contribution is 14.0. The lowest BCUT2D eigenvalue weighted by Gasteiger charge is -2.27. The van der Waals surface area contributed by atoms with Crippen LogP contribution < -0.4 is 10.6 Å². The molecule has 1 aromatic carbocycles. The molecule has 1 fully saturated rings. The molecule has 1 aliphatic rings. The average molecular weight is 545 g/mol. The molecule has 10 heteroatoms. The third kappa shape index (κ3) is 9.80. The van der Waals surface area contributed by atoms with Gasteiger partial charge in [-0.25, -0.2) is 4.99 Å². The van der Waals surface area contributed by atoms with Gasteiger partial charge in [-0.2, -0.15) is 13.2 Å². The molecule has 0 radical (unpaired) electrons. The fourth-order valence-corrected chi connectivity index (χ4v) is 3.20. The van der Waals surface area contributed by atoms with Gasteiger partial charge in [0.05, 0.1) is 19.8 Å². The number of benzene rings is 1. The maximum absolute atomic E-state index is 12.2. The highest BCUT2D eigenvalue weighted by Gasteiger charge is 2.34. The van der Waals surface area contributed by atoms with Gasteiger partial charge in [0.25, 0.3) is 0 Å². The lowest BCUT2D eigenvalue weighted by molar-refractivity contribution is -0.176. The summed E-state index contributed by atoms with van der Waals surface area (Å²) in [4.78, 5) is 4.57. The molecule has 0 aliphatic carbocycles. The summed E-state index contributed by atoms with van der Waals surface area (Å²) in [5.41, 5.74) is 1.45. The predicted octanol–water partition coefficient (Wildman–Crippen LogP) is 3.23. The molecular formula is C20H31F3IN3O3. The summed E-state index contributed by atoms with van der Waals surface area (Å²) in [5, 5.41) is 15.9. The van der Waals surface area contributed by atoms with Crippen molar-refractivity contribution in [3.05, 3.63) is 35.4 Å². The molecule has 1 unspecified atom stereocenters. The second kappa shape index (κ2) is 13.3. The highest BCUT2D eigenvalue weighted by Crippen LogP contribution is 2.31. The SMILES string of the molecule is CCNC(=NCc1cccc(COCC(F)(F)F)c1)NCC1(CCO)CCOC1.I. The predicted molar refractivity (Wildman–Crippen MR) is 120 cm³/mol. The van der Waals surface area contributed by atoms with Crippen molar-refractivity contribution in [3.8, 4) is 0 Å². The van der Waals surface area contributed by atoms with E-state index in [0.717, 1.165) is 12.0 Å². The highest BCUT2D eigenvalue weighted by atomic mass is 127. The van der Waals surface area contributed by atoms with E-state index in [0.29, 0.717) is 50.8 Å². The van der Waals surface area contributed by atoms with Crippen LogP contribution in [0.1, 0.15) is 30.9 Å². The minimum atomic E-state index is -4.33. The number of rotatable bonds is 10. The number of nitrogens with zero attached hydrogens (tertiary/aromatic N) is 1. The van der Waals surface area contributed by atoms with Crippen molar-refractivity contribution in [1.29, 1.82) is 0 Å². The largest absolute Gasteiger partial charge is 0.411 e. The Labute approximate surface area is 192 Å². The Kier molecular flexibility index (Phi) is 12.0. The quantitative estimate of drug-likeness (QED) is 0.239. The maximum atomic E-state index is 12.2. The first-order valence-electron chi connectivity index (χ1n) is 9.79. The zero-order valence-corrected chi connectivity index (χ0v) is 19.5. The van der Waals surface area contributed by atoms with Crippen LogP contribution >= 0.6 is 24.0 Å². The van der Waals surface area contributed by atoms with Crippen LogP contribution in [0.4, 0.5) is 13.2 Å². The van der Waals surface area contributed by atoms with Crippen molar-refractivity contribution < 1.29 is 27.8 Å². The number of hydrogen-bond donors (Lipinski definition) is 3. The van der Waals surface area contributed by atoms with Crippen molar-refractivity contribution in [2.24, 2.45) is 10.4 Å². The topological polar surface area (TPSA) is 75.1 Å². The molecule has 1 atom stereocenters. The number of aliphatic hydroxyl groups is 1. The van der Waals surface area contributed by atoms with Crippen LogP contribution in [0, 0.1) is 5.41 Å². The van der Waals surface area contributed by atoms with Crippen LogP contribution in [-0.4, -0.2) is 56.8 Å². The molecule has 172 valence electrons. The zero-order chi connectivity index (χ0) is 21.2. The van der Waals surface area contributed by atoms with Gasteiger partial charge in [0.1, 0.15) is 6.61 Å². The Hall–Kier alpha value is -1.11. The molecule has 1 heterocycles. The number of aliphatic imine (C=N–C) groups is 1. The number of nitrogens with one attached hydrogen (secondary N) is 2. The summed E-state index contributed by atoms with van der Waals surface area (Å²) in [5.74, 6) is 0.649. The van der Waals surface area contributed by atoms with E-state index in [9.17, 15) is 18.3 Å². The average Bonchev–Trinajstić information content (AvgIpc) is 3.12. The summed E-state index contributed by atoms with van der Waals surface area (Å²) in [6.07, 6.45) is -2.77. The van der Waals surface area contributed by atoms with E-state index in [-0.39, 0.29) is 42.6 Å². The van der Waals surface area contributed by atoms with Gasteiger partial charge in [-0.1, -0.05) is 24.3 Å². The van der Waals surface area contributed by atoms with Gasteiger partial charge >= 0.3 is 6.18 Å². The molecule has 6 nitrogen and oxygen atoms in total. The molecule has 30 heavy (non-hydrogen) atoms. The lowest BCUT2D eigenvalue weighted by Crippen LogP contribution is -2.44. The minimum Gasteiger partial charge on any atom is -0.396 e. The summed E-state index contributed by atoms with van der Waals surface area (Å²) in [7, 11) is 0. The monoisotopic (exact) mass is 545 g/mol. The normalized spacial score (nSPS) is 19.4. The first-order chi connectivity index (χ1) is 13.9. The fourth-order valence-electron chi connectivity index (χ4n) is 3.20. The Bertz CT molecular complexity index is 654. The Morgan fingerprint density at radius 3 is 2.70 bits per heavy atom. The van der Waals surface area contributed by atoms with Crippen molar-refractivity contribution in [2.45, 2.75) is 39.1 Å². The second-order valence-electron chi connectivity index (χ2n) is 7.25. The standard InChI is InChI=1S/C20H30F3N3O3.HI/c1-2-24-18(26-13-19(6-8-27)7-9-28-14-19)25-11-16-4-3-5-17(10-16)12-29-15-20(21,22)23;/h3-5,10,27H,2,6-9,11-15H2,1H3,(H2,24,25,26);1H. The van der Waals surface area contributed by atoms with Crippen LogP contribution in [0.2, 0.25) is 0 Å². The molecular weight excluding hydrogens is 514 g/mol. The van der Waals surface area contributed by atoms with E-state index in [2.05, 4.69) is 15.6 Å². The zero-order valence-electron chi connectivity index (χ0n) is 17.1. The fraction of sp³-hybridized carbons (Fsp3) is 0.650.